The van der Waals surface area contributed by atoms with Gasteiger partial charge in [-0.05, 0) is 0 Å². The maximum atomic E-state index is 11.7. The molecule has 1 fully saturated rings. The van der Waals surface area contributed by atoms with Gasteiger partial charge in [0.2, 0.25) is 0 Å². The van der Waals surface area contributed by atoms with Crippen LogP contribution in [0.5, 0.6) is 0 Å². The number of aliphatic hydroxyl groups excluding tert-OH is 1. The molecule has 5 N–H and O–H groups in total. The van der Waals surface area contributed by atoms with Gasteiger partial charge >= 0.3 is 66.9 Å². The Bertz CT molecular complexity index is 1080. The maximum absolute atomic E-state index is 11.7. The van der Waals surface area contributed by atoms with E-state index < -0.39 is 48.5 Å². The van der Waals surface area contributed by atoms with Crippen molar-refractivity contribution in [3.8, 4) is 0 Å². The fraction of sp³-hybridized carbons (Fsp3) is 0.500. The third kappa shape index (κ3) is 8.12. The summed E-state index contributed by atoms with van der Waals surface area (Å²) in [5, 5.41) is 10.1. The molecule has 0 spiro atoms. The van der Waals surface area contributed by atoms with Gasteiger partial charge in [0.15, 0.2) is 11.5 Å². The van der Waals surface area contributed by atoms with E-state index in [1.807, 2.05) is 0 Å². The smallest absolute Gasteiger partial charge is 0.756 e. The molecule has 1 aliphatic heterocycles. The second-order valence-electron chi connectivity index (χ2n) is 5.86. The van der Waals surface area contributed by atoms with Gasteiger partial charge < -0.3 is 35.2 Å². The van der Waals surface area contributed by atoms with E-state index in [0.717, 1.165) is 0 Å². The number of nitrogens with two attached hydrogens (primary N) is 1. The number of fused-ring (bicyclic) bond motifs is 1. The summed E-state index contributed by atoms with van der Waals surface area (Å²) in [5.41, 5.74) is 6.27. The average Bonchev–Trinajstić information content (AvgIpc) is 3.14. The van der Waals surface area contributed by atoms with Crippen molar-refractivity contribution in [3.63, 3.8) is 0 Å². The molecule has 1 saturated heterocycles. The Hall–Kier alpha value is 0.680. The number of phosphoric ester groups is 1. The van der Waals surface area contributed by atoms with Crippen molar-refractivity contribution in [3.05, 3.63) is 12.7 Å². The molecule has 3 heterocycles. The first-order valence-corrected chi connectivity index (χ1v) is 12.2. The quantitative estimate of drug-likeness (QED) is 0.181. The molecule has 3 rings (SSSR count). The third-order valence-electron chi connectivity index (χ3n) is 3.71. The number of hydrogen-bond donors (Lipinski definition) is 4. The van der Waals surface area contributed by atoms with E-state index in [1.165, 1.54) is 17.2 Å². The first-order valence-electron chi connectivity index (χ1n) is 7.78. The van der Waals surface area contributed by atoms with E-state index in [2.05, 4.69) is 28.1 Å². The van der Waals surface area contributed by atoms with Gasteiger partial charge in [-0.1, -0.05) is 0 Å². The summed E-state index contributed by atoms with van der Waals surface area (Å²) < 4.78 is 51.5. The molecule has 0 bridgehead atoms. The number of hydrogen-bond acceptors (Lipinski definition) is 14. The Balaban J connectivity index is 0.00000256. The molecule has 1 aliphatic rings. The molecule has 0 amide bonds. The second kappa shape index (κ2) is 11.6. The van der Waals surface area contributed by atoms with Crippen LogP contribution in [0.25, 0.3) is 11.2 Å². The predicted molar refractivity (Wildman–Crippen MR) is 89.6 cm³/mol. The molecule has 0 aromatic carbocycles. The van der Waals surface area contributed by atoms with Crippen molar-refractivity contribution < 1.29 is 115 Å². The van der Waals surface area contributed by atoms with Crippen LogP contribution in [0.4, 0.5) is 5.82 Å². The van der Waals surface area contributed by atoms with Gasteiger partial charge in [-0.3, -0.25) is 18.2 Å². The first-order chi connectivity index (χ1) is 13.8. The summed E-state index contributed by atoms with van der Waals surface area (Å²) in [6.45, 7) is -0.830. The SMILES string of the molecule is Nc1ncnc2c1ncn2[C@H]1C[C@@H](O)[C@@H](COP(=O)(O)OP(=O)([O-])OP(=O)([O-])O)O1.[Na+].[Na+]. The number of aromatic nitrogens is 4. The molecule has 0 saturated carbocycles. The Morgan fingerprint density at radius 1 is 1.19 bits per heavy atom. The third-order valence-corrected chi connectivity index (χ3v) is 7.44. The fourth-order valence-electron chi connectivity index (χ4n) is 2.58. The molecule has 0 aliphatic carbocycles. The van der Waals surface area contributed by atoms with Crippen molar-refractivity contribution >= 4 is 40.4 Å². The van der Waals surface area contributed by atoms with Crippen LogP contribution in [-0.4, -0.2) is 53.2 Å². The molecule has 3 unspecified atom stereocenters. The van der Waals surface area contributed by atoms with Crippen LogP contribution in [0.3, 0.4) is 0 Å². The van der Waals surface area contributed by atoms with Crippen LogP contribution < -0.4 is 74.6 Å². The Morgan fingerprint density at radius 2 is 1.84 bits per heavy atom. The summed E-state index contributed by atoms with van der Waals surface area (Å²) in [6.07, 6.45) is -0.767. The number of nitrogens with zero attached hydrogens (tertiary/aromatic N) is 4. The summed E-state index contributed by atoms with van der Waals surface area (Å²) >= 11 is 0. The van der Waals surface area contributed by atoms with Crippen molar-refractivity contribution in [1.82, 2.24) is 19.5 Å². The number of ether oxygens (including phenoxy) is 1. The minimum absolute atomic E-state index is 0. The van der Waals surface area contributed by atoms with Gasteiger partial charge in [0.1, 0.15) is 24.2 Å². The predicted octanol–water partition coefficient (Wildman–Crippen LogP) is -7.86. The number of anilines is 1. The maximum Gasteiger partial charge on any atom is 1.00 e. The van der Waals surface area contributed by atoms with Crippen LogP contribution in [0.1, 0.15) is 12.6 Å². The number of imidazole rings is 1. The van der Waals surface area contributed by atoms with Crippen LogP contribution in [0, 0.1) is 0 Å². The molecule has 32 heavy (non-hydrogen) atoms. The molecule has 2 aromatic rings. The summed E-state index contributed by atoms with van der Waals surface area (Å²) in [7, 11) is -17.2. The van der Waals surface area contributed by atoms with Gasteiger partial charge in [0.05, 0.1) is 19.0 Å². The van der Waals surface area contributed by atoms with Crippen LogP contribution in [0.15, 0.2) is 12.7 Å². The minimum atomic E-state index is -5.95. The summed E-state index contributed by atoms with van der Waals surface area (Å²) in [5.74, 6) is 0.116. The van der Waals surface area contributed by atoms with Crippen molar-refractivity contribution in [2.75, 3.05) is 12.3 Å². The fourth-order valence-corrected chi connectivity index (χ4v) is 5.51. The van der Waals surface area contributed by atoms with Crippen LogP contribution in [0.2, 0.25) is 0 Å². The van der Waals surface area contributed by atoms with E-state index in [9.17, 15) is 33.5 Å². The Morgan fingerprint density at radius 3 is 2.47 bits per heavy atom. The molecule has 6 atom stereocenters. The number of phosphoric acid groups is 3. The Kier molecular flexibility index (Phi) is 11.1. The molecule has 0 radical (unpaired) electrons. The van der Waals surface area contributed by atoms with Gasteiger partial charge in [-0.25, -0.2) is 28.1 Å². The van der Waals surface area contributed by atoms with E-state index in [4.69, 9.17) is 15.4 Å². The first kappa shape index (κ1) is 30.7. The van der Waals surface area contributed by atoms with E-state index in [0.29, 0.717) is 5.65 Å². The van der Waals surface area contributed by atoms with Crippen LogP contribution >= 0.6 is 23.5 Å². The number of aliphatic hydroxyl groups is 1. The molecule has 2 aromatic heterocycles. The van der Waals surface area contributed by atoms with Gasteiger partial charge in [-0.2, -0.15) is 0 Å². The Labute approximate surface area is 223 Å². The second-order valence-corrected chi connectivity index (χ2v) is 10.2. The van der Waals surface area contributed by atoms with Gasteiger partial charge in [0.25, 0.3) is 15.6 Å². The average molecular weight is 535 g/mol. The number of nitrogen functional groups attached to an aromatic ring is 1. The van der Waals surface area contributed by atoms with Gasteiger partial charge in [-0.15, -0.1) is 0 Å². The van der Waals surface area contributed by atoms with Crippen molar-refractivity contribution in [1.29, 1.82) is 0 Å². The zero-order valence-corrected chi connectivity index (χ0v) is 23.2. The number of rotatable bonds is 8. The minimum Gasteiger partial charge on any atom is -0.756 e. The van der Waals surface area contributed by atoms with Crippen molar-refractivity contribution in [2.24, 2.45) is 0 Å². The van der Waals surface area contributed by atoms with Crippen molar-refractivity contribution in [2.45, 2.75) is 24.9 Å². The molecular weight excluding hydrogens is 521 g/mol. The van der Waals surface area contributed by atoms with Crippen LogP contribution in [-0.2, 0) is 31.6 Å². The van der Waals surface area contributed by atoms with E-state index >= 15 is 0 Å². The molecular formula is C10H14N5Na2O12P3. The molecule has 22 heteroatoms. The summed E-state index contributed by atoms with van der Waals surface area (Å²) in [4.78, 5) is 51.2. The molecule has 168 valence electrons. The van der Waals surface area contributed by atoms with E-state index in [1.54, 1.807) is 0 Å². The topological polar surface area (TPSA) is 265 Å². The zero-order valence-electron chi connectivity index (χ0n) is 16.5. The zero-order chi connectivity index (χ0) is 22.3. The monoisotopic (exact) mass is 535 g/mol. The molecule has 17 nitrogen and oxygen atoms in total. The van der Waals surface area contributed by atoms with Gasteiger partial charge in [0, 0.05) is 6.42 Å². The van der Waals surface area contributed by atoms with E-state index in [-0.39, 0.29) is 76.9 Å². The summed E-state index contributed by atoms with van der Waals surface area (Å²) in [6, 6.07) is 0. The normalized spacial score (nSPS) is 26.3. The standard InChI is InChI=1S/C10H16N5O12P3.2Na/c11-9-8-10(13-3-12-9)15(4-14-8)7-1-5(16)6(25-7)2-24-29(20,21)27-30(22,23)26-28(17,18)19;;/h3-7,16H,1-2H2,(H,20,21)(H,22,23)(H2,11,12,13)(H2,17,18,19);;/q;2*+1/p-2/t5-,6-,7-;;/m1../s1. The largest absolute Gasteiger partial charge is 1.00 e.